The van der Waals surface area contributed by atoms with Crippen LogP contribution in [-0.4, -0.2) is 9.97 Å². The standard InChI is InChI=1S/C10H5Cl2IN2/c11-7-1-2-9(12)8(3-7)6-4-14-10(13)15-5-6/h1-5H. The lowest BCUT2D eigenvalue weighted by Crippen LogP contribution is -1.88. The van der Waals surface area contributed by atoms with Gasteiger partial charge >= 0.3 is 0 Å². The minimum Gasteiger partial charge on any atom is -0.231 e. The molecule has 5 heteroatoms. The molecule has 2 nitrogen and oxygen atoms in total. The largest absolute Gasteiger partial charge is 0.231 e. The molecule has 0 bridgehead atoms. The van der Waals surface area contributed by atoms with E-state index < -0.39 is 0 Å². The van der Waals surface area contributed by atoms with E-state index in [-0.39, 0.29) is 0 Å². The highest BCUT2D eigenvalue weighted by Crippen LogP contribution is 2.29. The normalized spacial score (nSPS) is 10.3. The van der Waals surface area contributed by atoms with E-state index in [9.17, 15) is 0 Å². The minimum atomic E-state index is 0.643. The maximum atomic E-state index is 6.05. The van der Waals surface area contributed by atoms with Gasteiger partial charge in [-0.05, 0) is 18.2 Å². The SMILES string of the molecule is Clc1ccc(Cl)c(-c2cnc(I)nc2)c1. The number of aromatic nitrogens is 2. The van der Waals surface area contributed by atoms with E-state index >= 15 is 0 Å². The maximum absolute atomic E-state index is 6.05. The molecule has 0 fully saturated rings. The molecule has 1 aromatic heterocycles. The molecular formula is C10H5Cl2IN2. The monoisotopic (exact) mass is 350 g/mol. The first-order valence-electron chi connectivity index (χ1n) is 4.10. The zero-order valence-electron chi connectivity index (χ0n) is 7.42. The summed E-state index contributed by atoms with van der Waals surface area (Å²) in [6.45, 7) is 0. The van der Waals surface area contributed by atoms with E-state index in [1.54, 1.807) is 30.6 Å². The molecule has 0 saturated carbocycles. The summed E-state index contributed by atoms with van der Waals surface area (Å²) in [4.78, 5) is 8.20. The number of rotatable bonds is 1. The van der Waals surface area contributed by atoms with Crippen molar-refractivity contribution in [2.24, 2.45) is 0 Å². The number of nitrogens with zero attached hydrogens (tertiary/aromatic N) is 2. The van der Waals surface area contributed by atoms with Gasteiger partial charge in [-0.2, -0.15) is 0 Å². The van der Waals surface area contributed by atoms with E-state index in [0.717, 1.165) is 11.1 Å². The lowest BCUT2D eigenvalue weighted by Gasteiger charge is -2.03. The third-order valence-electron chi connectivity index (χ3n) is 1.86. The molecule has 1 heterocycles. The fraction of sp³-hybridized carbons (Fsp3) is 0. The van der Waals surface area contributed by atoms with Crippen LogP contribution in [0.15, 0.2) is 30.6 Å². The molecule has 0 spiro atoms. The van der Waals surface area contributed by atoms with Crippen molar-refractivity contribution in [3.63, 3.8) is 0 Å². The number of halogens is 3. The van der Waals surface area contributed by atoms with Gasteiger partial charge in [-0.15, -0.1) is 0 Å². The molecule has 2 rings (SSSR count). The van der Waals surface area contributed by atoms with Crippen LogP contribution in [-0.2, 0) is 0 Å². The van der Waals surface area contributed by atoms with Gasteiger partial charge in [0.1, 0.15) is 0 Å². The molecule has 15 heavy (non-hydrogen) atoms. The van der Waals surface area contributed by atoms with Gasteiger partial charge in [0.05, 0.1) is 0 Å². The summed E-state index contributed by atoms with van der Waals surface area (Å²) in [5.41, 5.74) is 1.71. The van der Waals surface area contributed by atoms with Crippen LogP contribution in [0, 0.1) is 3.83 Å². The predicted molar refractivity (Wildman–Crippen MR) is 70.2 cm³/mol. The molecule has 0 aliphatic carbocycles. The lowest BCUT2D eigenvalue weighted by atomic mass is 10.1. The van der Waals surface area contributed by atoms with E-state index in [0.29, 0.717) is 13.9 Å². The highest BCUT2D eigenvalue weighted by atomic mass is 127. The van der Waals surface area contributed by atoms with Gasteiger partial charge in [0, 0.05) is 56.2 Å². The zero-order chi connectivity index (χ0) is 10.8. The first-order chi connectivity index (χ1) is 7.16. The fourth-order valence-corrected chi connectivity index (χ4v) is 1.85. The van der Waals surface area contributed by atoms with E-state index in [2.05, 4.69) is 9.97 Å². The summed E-state index contributed by atoms with van der Waals surface area (Å²) < 4.78 is 0.703. The molecule has 0 unspecified atom stereocenters. The molecular weight excluding hydrogens is 346 g/mol. The van der Waals surface area contributed by atoms with Crippen LogP contribution < -0.4 is 0 Å². The second-order valence-corrected chi connectivity index (χ2v) is 4.67. The topological polar surface area (TPSA) is 25.8 Å². The number of hydrogen-bond acceptors (Lipinski definition) is 2. The summed E-state index contributed by atoms with van der Waals surface area (Å²) in [5, 5.41) is 1.29. The second-order valence-electron chi connectivity index (χ2n) is 2.86. The van der Waals surface area contributed by atoms with Gasteiger partial charge in [0.2, 0.25) is 0 Å². The third-order valence-corrected chi connectivity index (χ3v) is 2.98. The average molecular weight is 351 g/mol. The Morgan fingerprint density at radius 3 is 2.40 bits per heavy atom. The Kier molecular flexibility index (Phi) is 3.43. The van der Waals surface area contributed by atoms with Crippen LogP contribution in [0.5, 0.6) is 0 Å². The summed E-state index contributed by atoms with van der Waals surface area (Å²) >= 11 is 14.0. The van der Waals surface area contributed by atoms with Crippen molar-refractivity contribution in [1.29, 1.82) is 0 Å². The van der Waals surface area contributed by atoms with Crippen molar-refractivity contribution < 1.29 is 0 Å². The fourth-order valence-electron chi connectivity index (χ4n) is 1.17. The molecule has 0 radical (unpaired) electrons. The summed E-state index contributed by atoms with van der Waals surface area (Å²) in [5.74, 6) is 0. The number of benzene rings is 1. The van der Waals surface area contributed by atoms with Crippen LogP contribution in [0.2, 0.25) is 10.0 Å². The van der Waals surface area contributed by atoms with Crippen molar-refractivity contribution in [3.8, 4) is 11.1 Å². The predicted octanol–water partition coefficient (Wildman–Crippen LogP) is 4.06. The van der Waals surface area contributed by atoms with Crippen molar-refractivity contribution in [2.45, 2.75) is 0 Å². The Morgan fingerprint density at radius 2 is 1.73 bits per heavy atom. The highest BCUT2D eigenvalue weighted by molar-refractivity contribution is 14.1. The van der Waals surface area contributed by atoms with Crippen LogP contribution in [0.3, 0.4) is 0 Å². The Morgan fingerprint density at radius 1 is 1.07 bits per heavy atom. The van der Waals surface area contributed by atoms with Gasteiger partial charge in [0.15, 0.2) is 3.83 Å². The first-order valence-corrected chi connectivity index (χ1v) is 5.93. The Bertz CT molecular complexity index is 485. The molecule has 0 amide bonds. The summed E-state index contributed by atoms with van der Waals surface area (Å²) in [6.07, 6.45) is 3.46. The average Bonchev–Trinajstić information content (AvgIpc) is 2.23. The maximum Gasteiger partial charge on any atom is 0.190 e. The van der Waals surface area contributed by atoms with Gasteiger partial charge in [-0.1, -0.05) is 23.2 Å². The van der Waals surface area contributed by atoms with Crippen LogP contribution in [0.1, 0.15) is 0 Å². The quantitative estimate of drug-likeness (QED) is 0.572. The van der Waals surface area contributed by atoms with Crippen molar-refractivity contribution >= 4 is 45.8 Å². The van der Waals surface area contributed by atoms with E-state index in [1.807, 2.05) is 22.6 Å². The summed E-state index contributed by atoms with van der Waals surface area (Å²) in [6, 6.07) is 5.31. The van der Waals surface area contributed by atoms with Gasteiger partial charge in [-0.3, -0.25) is 0 Å². The van der Waals surface area contributed by atoms with Crippen molar-refractivity contribution in [2.75, 3.05) is 0 Å². The van der Waals surface area contributed by atoms with E-state index in [1.165, 1.54) is 0 Å². The first kappa shape index (κ1) is 11.1. The number of hydrogen-bond donors (Lipinski definition) is 0. The van der Waals surface area contributed by atoms with Crippen molar-refractivity contribution in [3.05, 3.63) is 44.5 Å². The Labute approximate surface area is 111 Å². The molecule has 76 valence electrons. The second kappa shape index (κ2) is 4.63. The minimum absolute atomic E-state index is 0.643. The molecule has 0 aliphatic rings. The highest BCUT2D eigenvalue weighted by Gasteiger charge is 2.05. The zero-order valence-corrected chi connectivity index (χ0v) is 11.1. The van der Waals surface area contributed by atoms with Gasteiger partial charge < -0.3 is 0 Å². The Hall–Kier alpha value is -0.390. The summed E-state index contributed by atoms with van der Waals surface area (Å²) in [7, 11) is 0. The third kappa shape index (κ3) is 2.59. The molecule has 0 N–H and O–H groups in total. The molecule has 2 aromatic rings. The lowest BCUT2D eigenvalue weighted by molar-refractivity contribution is 1.11. The molecule has 0 saturated heterocycles. The smallest absolute Gasteiger partial charge is 0.190 e. The Balaban J connectivity index is 2.53. The van der Waals surface area contributed by atoms with Crippen LogP contribution in [0.25, 0.3) is 11.1 Å². The molecule has 0 atom stereocenters. The van der Waals surface area contributed by atoms with Gasteiger partial charge in [-0.25, -0.2) is 9.97 Å². The van der Waals surface area contributed by atoms with Crippen LogP contribution in [0.4, 0.5) is 0 Å². The van der Waals surface area contributed by atoms with E-state index in [4.69, 9.17) is 23.2 Å². The molecule has 0 aliphatic heterocycles. The van der Waals surface area contributed by atoms with Crippen molar-refractivity contribution in [1.82, 2.24) is 9.97 Å². The van der Waals surface area contributed by atoms with Gasteiger partial charge in [0.25, 0.3) is 0 Å². The molecule has 1 aromatic carbocycles. The van der Waals surface area contributed by atoms with Crippen LogP contribution >= 0.6 is 45.8 Å².